The lowest BCUT2D eigenvalue weighted by atomic mass is 10.0. The van der Waals surface area contributed by atoms with Crippen LogP contribution in [0.3, 0.4) is 0 Å². The Balaban J connectivity index is 1.67. The molecule has 0 spiro atoms. The molecule has 4 aromatic rings. The molecule has 0 radical (unpaired) electrons. The third-order valence-electron chi connectivity index (χ3n) is 5.87. The first-order valence-electron chi connectivity index (χ1n) is 10.5. The molecule has 0 aliphatic carbocycles. The van der Waals surface area contributed by atoms with Gasteiger partial charge in [0, 0.05) is 35.6 Å². The summed E-state index contributed by atoms with van der Waals surface area (Å²) in [6, 6.07) is 8.16. The van der Waals surface area contributed by atoms with Gasteiger partial charge in [0.25, 0.3) is 5.91 Å². The number of aromatic nitrogens is 3. The smallest absolute Gasteiger partial charge is 0.272 e. The minimum atomic E-state index is -0.141. The van der Waals surface area contributed by atoms with E-state index in [0.29, 0.717) is 30.1 Å². The zero-order valence-corrected chi connectivity index (χ0v) is 19.4. The van der Waals surface area contributed by atoms with Crippen molar-refractivity contribution in [3.05, 3.63) is 41.9 Å². The molecule has 1 amide bonds. The number of carbonyl (C=O) groups excluding carboxylic acids is 1. The van der Waals surface area contributed by atoms with E-state index in [1.807, 2.05) is 24.0 Å². The topological polar surface area (TPSA) is 97.8 Å². The number of methoxy groups -OCH3 is 1. The fourth-order valence-corrected chi connectivity index (χ4v) is 5.58. The number of nitrogen functional groups attached to an aromatic ring is 1. The van der Waals surface area contributed by atoms with Crippen molar-refractivity contribution in [2.24, 2.45) is 0 Å². The number of ether oxygens (including phenoxy) is 1. The van der Waals surface area contributed by atoms with Gasteiger partial charge in [0.15, 0.2) is 5.82 Å². The molecule has 0 saturated carbocycles. The van der Waals surface area contributed by atoms with Crippen LogP contribution in [0.25, 0.3) is 26.0 Å². The first kappa shape index (κ1) is 20.7. The van der Waals surface area contributed by atoms with Gasteiger partial charge in [-0.3, -0.25) is 4.79 Å². The first-order chi connectivity index (χ1) is 15.3. The largest absolute Gasteiger partial charge is 0.495 e. The monoisotopic (exact) mass is 450 g/mol. The highest BCUT2D eigenvalue weighted by Gasteiger charge is 2.31. The Bertz CT molecular complexity index is 1360. The zero-order chi connectivity index (χ0) is 22.6. The Morgan fingerprint density at radius 2 is 2.09 bits per heavy atom. The van der Waals surface area contributed by atoms with E-state index >= 15 is 0 Å². The molecule has 1 aliphatic rings. The maximum atomic E-state index is 13.5. The van der Waals surface area contributed by atoms with Crippen LogP contribution >= 0.6 is 11.3 Å². The van der Waals surface area contributed by atoms with Gasteiger partial charge in [0.05, 0.1) is 11.8 Å². The number of nitrogens with zero attached hydrogens (tertiary/aromatic N) is 4. The summed E-state index contributed by atoms with van der Waals surface area (Å²) in [7, 11) is 1.68. The van der Waals surface area contributed by atoms with E-state index in [9.17, 15) is 4.79 Å². The average Bonchev–Trinajstić information content (AvgIpc) is 3.34. The van der Waals surface area contributed by atoms with Crippen LogP contribution in [0.1, 0.15) is 29.9 Å². The summed E-state index contributed by atoms with van der Waals surface area (Å²) in [5, 5.41) is 8.92. The van der Waals surface area contributed by atoms with E-state index in [2.05, 4.69) is 41.4 Å². The molecular formula is C23H26N6O2S. The number of nitrogens with one attached hydrogen (secondary N) is 1. The Kier molecular flexibility index (Phi) is 4.83. The van der Waals surface area contributed by atoms with E-state index in [0.717, 1.165) is 38.4 Å². The first-order valence-corrected chi connectivity index (χ1v) is 11.3. The van der Waals surface area contributed by atoms with Gasteiger partial charge in [-0.15, -0.1) is 11.3 Å². The predicted octanol–water partition coefficient (Wildman–Crippen LogP) is 3.33. The van der Waals surface area contributed by atoms with Crippen LogP contribution in [0.5, 0.6) is 5.75 Å². The zero-order valence-electron chi connectivity index (χ0n) is 18.6. The number of carbonyl (C=O) groups is 1. The number of rotatable bonds is 3. The lowest BCUT2D eigenvalue weighted by Gasteiger charge is -2.39. The number of nitrogens with two attached hydrogens (primary N) is 1. The molecule has 3 aromatic heterocycles. The van der Waals surface area contributed by atoms with Gasteiger partial charge in [0.2, 0.25) is 0 Å². The van der Waals surface area contributed by atoms with Gasteiger partial charge < -0.3 is 20.7 Å². The second-order valence-corrected chi connectivity index (χ2v) is 9.93. The molecule has 0 unspecified atom stereocenters. The highest BCUT2D eigenvalue weighted by Crippen LogP contribution is 2.42. The standard InChI is InChI=1S/C23H26N6O2S/c1-13-7-14-9-18(32-20(14)17(8-13)31-4)15-10-16(29-19(15)21(24)25-12-27-29)22(30)28-6-5-26-23(2,3)11-28/h7-10,12,26H,5-6,11H2,1-4H3,(H2,24,25,27). The lowest BCUT2D eigenvalue weighted by Crippen LogP contribution is -2.58. The summed E-state index contributed by atoms with van der Waals surface area (Å²) in [5.41, 5.74) is 9.24. The Labute approximate surface area is 190 Å². The molecule has 4 heterocycles. The van der Waals surface area contributed by atoms with Gasteiger partial charge in [-0.2, -0.15) is 5.10 Å². The van der Waals surface area contributed by atoms with Crippen molar-refractivity contribution in [3.8, 4) is 16.2 Å². The highest BCUT2D eigenvalue weighted by atomic mass is 32.1. The summed E-state index contributed by atoms with van der Waals surface area (Å²) in [4.78, 5) is 20.6. The highest BCUT2D eigenvalue weighted by molar-refractivity contribution is 7.22. The van der Waals surface area contributed by atoms with Crippen LogP contribution in [-0.2, 0) is 0 Å². The minimum absolute atomic E-state index is 0.0616. The molecule has 8 nitrogen and oxygen atoms in total. The molecule has 9 heteroatoms. The normalized spacial score (nSPS) is 16.1. The molecule has 0 atom stereocenters. The van der Waals surface area contributed by atoms with Crippen LogP contribution in [0.2, 0.25) is 0 Å². The fourth-order valence-electron chi connectivity index (χ4n) is 4.43. The van der Waals surface area contributed by atoms with Crippen LogP contribution in [0, 0.1) is 6.92 Å². The summed E-state index contributed by atoms with van der Waals surface area (Å²) in [6.07, 6.45) is 1.39. The van der Waals surface area contributed by atoms with E-state index in [1.54, 1.807) is 23.0 Å². The predicted molar refractivity (Wildman–Crippen MR) is 127 cm³/mol. The molecule has 1 aliphatic heterocycles. The van der Waals surface area contributed by atoms with Crippen molar-refractivity contribution < 1.29 is 9.53 Å². The Morgan fingerprint density at radius 3 is 2.84 bits per heavy atom. The quantitative estimate of drug-likeness (QED) is 0.497. The van der Waals surface area contributed by atoms with Crippen LogP contribution in [0.15, 0.2) is 30.6 Å². The van der Waals surface area contributed by atoms with Crippen molar-refractivity contribution in [1.29, 1.82) is 0 Å². The van der Waals surface area contributed by atoms with E-state index in [4.69, 9.17) is 10.5 Å². The fraction of sp³-hybridized carbons (Fsp3) is 0.348. The third-order valence-corrected chi connectivity index (χ3v) is 7.07. The molecule has 1 fully saturated rings. The van der Waals surface area contributed by atoms with Gasteiger partial charge in [-0.25, -0.2) is 9.50 Å². The molecule has 1 aromatic carbocycles. The summed E-state index contributed by atoms with van der Waals surface area (Å²) in [6.45, 7) is 8.26. The molecule has 1 saturated heterocycles. The summed E-state index contributed by atoms with van der Waals surface area (Å²) in [5.74, 6) is 1.12. The molecule has 3 N–H and O–H groups in total. The van der Waals surface area contributed by atoms with E-state index in [-0.39, 0.29) is 11.4 Å². The molecule has 32 heavy (non-hydrogen) atoms. The SMILES string of the molecule is COc1cc(C)cc2cc(-c3cc(C(=O)N4CCNC(C)(C)C4)n4ncnc(N)c34)sc12. The third kappa shape index (κ3) is 3.37. The number of anilines is 1. The number of aryl methyl sites for hydroxylation is 1. The van der Waals surface area contributed by atoms with Crippen LogP contribution in [0.4, 0.5) is 5.82 Å². The Morgan fingerprint density at radius 1 is 1.28 bits per heavy atom. The van der Waals surface area contributed by atoms with E-state index in [1.165, 1.54) is 6.33 Å². The van der Waals surface area contributed by atoms with Gasteiger partial charge in [-0.1, -0.05) is 6.07 Å². The average molecular weight is 451 g/mol. The lowest BCUT2D eigenvalue weighted by molar-refractivity contribution is 0.0644. The summed E-state index contributed by atoms with van der Waals surface area (Å²) >= 11 is 1.61. The van der Waals surface area contributed by atoms with Crippen molar-refractivity contribution in [3.63, 3.8) is 0 Å². The summed E-state index contributed by atoms with van der Waals surface area (Å²) < 4.78 is 8.28. The molecule has 166 valence electrons. The number of piperazine rings is 1. The minimum Gasteiger partial charge on any atom is -0.495 e. The number of hydrogen-bond donors (Lipinski definition) is 2. The second kappa shape index (κ2) is 7.46. The maximum absolute atomic E-state index is 13.5. The maximum Gasteiger partial charge on any atom is 0.272 e. The number of benzene rings is 1. The van der Waals surface area contributed by atoms with Crippen LogP contribution < -0.4 is 15.8 Å². The van der Waals surface area contributed by atoms with Crippen molar-refractivity contribution >= 4 is 38.7 Å². The number of fused-ring (bicyclic) bond motifs is 2. The molecule has 5 rings (SSSR count). The van der Waals surface area contributed by atoms with Gasteiger partial charge in [0.1, 0.15) is 23.3 Å². The Hall–Kier alpha value is -3.17. The molecule has 0 bridgehead atoms. The van der Waals surface area contributed by atoms with Crippen molar-refractivity contribution in [2.45, 2.75) is 26.3 Å². The van der Waals surface area contributed by atoms with Crippen LogP contribution in [-0.4, -0.2) is 57.7 Å². The number of thiophene rings is 1. The van der Waals surface area contributed by atoms with Gasteiger partial charge >= 0.3 is 0 Å². The van der Waals surface area contributed by atoms with Gasteiger partial charge in [-0.05, 0) is 49.9 Å². The van der Waals surface area contributed by atoms with E-state index < -0.39 is 0 Å². The van der Waals surface area contributed by atoms with Crippen molar-refractivity contribution in [2.75, 3.05) is 32.5 Å². The second-order valence-electron chi connectivity index (χ2n) is 8.88. The van der Waals surface area contributed by atoms with Crippen molar-refractivity contribution in [1.82, 2.24) is 24.8 Å². The number of hydrogen-bond acceptors (Lipinski definition) is 7. The number of amides is 1. The molecular weight excluding hydrogens is 424 g/mol.